The van der Waals surface area contributed by atoms with Gasteiger partial charge in [-0.25, -0.2) is 17.5 Å². The van der Waals surface area contributed by atoms with Crippen molar-refractivity contribution in [3.63, 3.8) is 0 Å². The van der Waals surface area contributed by atoms with E-state index in [0.29, 0.717) is 12.0 Å². The molecular weight excluding hydrogens is 326 g/mol. The molecule has 4 nitrogen and oxygen atoms in total. The molecule has 0 heterocycles. The number of benzene rings is 1. The molecule has 22 heavy (non-hydrogen) atoms. The average Bonchev–Trinajstić information content (AvgIpc) is 2.35. The molecule has 0 aliphatic heterocycles. The lowest BCUT2D eigenvalue weighted by Crippen LogP contribution is -2.29. The molecule has 0 aliphatic carbocycles. The van der Waals surface area contributed by atoms with Gasteiger partial charge in [0.15, 0.2) is 18.2 Å². The molecule has 0 radical (unpaired) electrons. The third-order valence-electron chi connectivity index (χ3n) is 2.68. The second-order valence-electron chi connectivity index (χ2n) is 4.75. The van der Waals surface area contributed by atoms with Gasteiger partial charge in [-0.05, 0) is 31.0 Å². The SMILES string of the molecule is CCCS(=O)(=O)NC(C)c1ccc(F)c(OCC(F)(F)F)c1. The normalized spacial score (nSPS) is 13.9. The fourth-order valence-electron chi connectivity index (χ4n) is 1.72. The van der Waals surface area contributed by atoms with Crippen LogP contribution >= 0.6 is 0 Å². The Balaban J connectivity index is 2.88. The van der Waals surface area contributed by atoms with Crippen molar-refractivity contribution >= 4 is 10.0 Å². The van der Waals surface area contributed by atoms with E-state index in [2.05, 4.69) is 9.46 Å². The highest BCUT2D eigenvalue weighted by atomic mass is 32.2. The third-order valence-corrected chi connectivity index (χ3v) is 4.33. The number of sulfonamides is 1. The van der Waals surface area contributed by atoms with E-state index in [1.54, 1.807) is 6.92 Å². The van der Waals surface area contributed by atoms with Gasteiger partial charge in [0.05, 0.1) is 5.75 Å². The number of rotatable bonds is 7. The molecule has 1 atom stereocenters. The molecule has 126 valence electrons. The van der Waals surface area contributed by atoms with Crippen molar-refractivity contribution < 1.29 is 30.7 Å². The van der Waals surface area contributed by atoms with Crippen LogP contribution in [0, 0.1) is 5.82 Å². The standard InChI is InChI=1S/C13H17F4NO3S/c1-3-6-22(19,20)18-9(2)10-4-5-11(14)12(7-10)21-8-13(15,16)17/h4-5,7,9,18H,3,6,8H2,1-2H3. The molecule has 0 amide bonds. The Morgan fingerprint density at radius 3 is 2.50 bits per heavy atom. The highest BCUT2D eigenvalue weighted by molar-refractivity contribution is 7.89. The van der Waals surface area contributed by atoms with Gasteiger partial charge in [-0.2, -0.15) is 13.2 Å². The minimum atomic E-state index is -4.59. The van der Waals surface area contributed by atoms with Crippen LogP contribution in [0.2, 0.25) is 0 Å². The number of halogens is 4. The maximum Gasteiger partial charge on any atom is 0.422 e. The van der Waals surface area contributed by atoms with Crippen molar-refractivity contribution in [2.24, 2.45) is 0 Å². The van der Waals surface area contributed by atoms with Crippen molar-refractivity contribution in [2.75, 3.05) is 12.4 Å². The van der Waals surface area contributed by atoms with Gasteiger partial charge in [0, 0.05) is 6.04 Å². The van der Waals surface area contributed by atoms with Crippen molar-refractivity contribution in [3.8, 4) is 5.75 Å². The Hall–Kier alpha value is -1.35. The number of alkyl halides is 3. The lowest BCUT2D eigenvalue weighted by atomic mass is 10.1. The summed E-state index contributed by atoms with van der Waals surface area (Å²) in [6.07, 6.45) is -4.16. The molecule has 0 spiro atoms. The quantitative estimate of drug-likeness (QED) is 0.774. The van der Waals surface area contributed by atoms with Gasteiger partial charge in [-0.15, -0.1) is 0 Å². The first kappa shape index (κ1) is 18.7. The molecule has 0 fully saturated rings. The molecule has 0 bridgehead atoms. The Labute approximate surface area is 126 Å². The molecule has 0 aromatic heterocycles. The van der Waals surface area contributed by atoms with Crippen LogP contribution in [0.25, 0.3) is 0 Å². The molecule has 1 aromatic rings. The molecule has 1 aromatic carbocycles. The van der Waals surface area contributed by atoms with Crippen LogP contribution in [0.5, 0.6) is 5.75 Å². The first-order valence-electron chi connectivity index (χ1n) is 6.53. The maximum atomic E-state index is 13.4. The molecule has 0 aliphatic rings. The lowest BCUT2D eigenvalue weighted by molar-refractivity contribution is -0.153. The van der Waals surface area contributed by atoms with Gasteiger partial charge in [0.1, 0.15) is 0 Å². The van der Waals surface area contributed by atoms with Crippen molar-refractivity contribution in [2.45, 2.75) is 32.5 Å². The van der Waals surface area contributed by atoms with Crippen LogP contribution in [0.1, 0.15) is 31.9 Å². The predicted octanol–water partition coefficient (Wildman–Crippen LogP) is 3.16. The Morgan fingerprint density at radius 2 is 1.95 bits per heavy atom. The van der Waals surface area contributed by atoms with Crippen molar-refractivity contribution in [1.82, 2.24) is 4.72 Å². The fourth-order valence-corrected chi connectivity index (χ4v) is 3.05. The molecule has 1 N–H and O–H groups in total. The predicted molar refractivity (Wildman–Crippen MR) is 73.6 cm³/mol. The average molecular weight is 343 g/mol. The van der Waals surface area contributed by atoms with E-state index in [1.165, 1.54) is 13.0 Å². The first-order valence-corrected chi connectivity index (χ1v) is 8.18. The fraction of sp³-hybridized carbons (Fsp3) is 0.538. The third kappa shape index (κ3) is 6.18. The molecule has 0 saturated carbocycles. The van der Waals surface area contributed by atoms with Gasteiger partial charge < -0.3 is 4.74 Å². The second kappa shape index (κ2) is 7.28. The van der Waals surface area contributed by atoms with E-state index in [1.807, 2.05) is 0 Å². The zero-order valence-corrected chi connectivity index (χ0v) is 12.9. The highest BCUT2D eigenvalue weighted by Gasteiger charge is 2.29. The summed E-state index contributed by atoms with van der Waals surface area (Å²) in [6.45, 7) is 1.59. The van der Waals surface area contributed by atoms with Gasteiger partial charge >= 0.3 is 6.18 Å². The van der Waals surface area contributed by atoms with E-state index in [0.717, 1.165) is 12.1 Å². The summed E-state index contributed by atoms with van der Waals surface area (Å²) >= 11 is 0. The van der Waals surface area contributed by atoms with Crippen LogP contribution in [0.15, 0.2) is 18.2 Å². The van der Waals surface area contributed by atoms with E-state index in [-0.39, 0.29) is 5.75 Å². The molecular formula is C13H17F4NO3S. The summed E-state index contributed by atoms with van der Waals surface area (Å²) in [4.78, 5) is 0. The van der Waals surface area contributed by atoms with Crippen LogP contribution in [-0.2, 0) is 10.0 Å². The number of ether oxygens (including phenoxy) is 1. The summed E-state index contributed by atoms with van der Waals surface area (Å²) < 4.78 is 79.8. The summed E-state index contributed by atoms with van der Waals surface area (Å²) in [5.41, 5.74) is 0.304. The van der Waals surface area contributed by atoms with Gasteiger partial charge in [0.2, 0.25) is 10.0 Å². The molecule has 1 rings (SSSR count). The molecule has 1 unspecified atom stereocenters. The Bertz CT molecular complexity index is 602. The zero-order chi connectivity index (χ0) is 17.0. The van der Waals surface area contributed by atoms with E-state index in [4.69, 9.17) is 0 Å². The van der Waals surface area contributed by atoms with E-state index in [9.17, 15) is 26.0 Å². The number of hydrogen-bond acceptors (Lipinski definition) is 3. The summed E-state index contributed by atoms with van der Waals surface area (Å²) in [7, 11) is -3.50. The highest BCUT2D eigenvalue weighted by Crippen LogP contribution is 2.25. The lowest BCUT2D eigenvalue weighted by Gasteiger charge is -2.16. The Kier molecular flexibility index (Phi) is 6.18. The largest absolute Gasteiger partial charge is 0.481 e. The molecule has 9 heteroatoms. The van der Waals surface area contributed by atoms with Crippen molar-refractivity contribution in [3.05, 3.63) is 29.6 Å². The minimum Gasteiger partial charge on any atom is -0.481 e. The first-order chi connectivity index (χ1) is 10.0. The minimum absolute atomic E-state index is 0.0734. The number of nitrogens with one attached hydrogen (secondary N) is 1. The van der Waals surface area contributed by atoms with Crippen molar-refractivity contribution in [1.29, 1.82) is 0 Å². The smallest absolute Gasteiger partial charge is 0.422 e. The molecule has 0 saturated heterocycles. The van der Waals surface area contributed by atoms with Crippen LogP contribution in [0.3, 0.4) is 0 Å². The monoisotopic (exact) mass is 343 g/mol. The topological polar surface area (TPSA) is 55.4 Å². The van der Waals surface area contributed by atoms with Crippen LogP contribution < -0.4 is 9.46 Å². The maximum absolute atomic E-state index is 13.4. The van der Waals surface area contributed by atoms with E-state index < -0.39 is 40.4 Å². The van der Waals surface area contributed by atoms with Crippen LogP contribution in [-0.4, -0.2) is 27.0 Å². The number of hydrogen-bond donors (Lipinski definition) is 1. The second-order valence-corrected chi connectivity index (χ2v) is 6.63. The van der Waals surface area contributed by atoms with Gasteiger partial charge in [-0.1, -0.05) is 13.0 Å². The summed E-state index contributed by atoms with van der Waals surface area (Å²) in [6, 6.07) is 2.56. The summed E-state index contributed by atoms with van der Waals surface area (Å²) in [5.74, 6) is -1.59. The van der Waals surface area contributed by atoms with Gasteiger partial charge in [0.25, 0.3) is 0 Å². The van der Waals surface area contributed by atoms with Gasteiger partial charge in [-0.3, -0.25) is 0 Å². The van der Waals surface area contributed by atoms with Crippen LogP contribution in [0.4, 0.5) is 17.6 Å². The summed E-state index contributed by atoms with van der Waals surface area (Å²) in [5, 5.41) is 0. The Morgan fingerprint density at radius 1 is 1.32 bits per heavy atom. The zero-order valence-electron chi connectivity index (χ0n) is 12.1. The van der Waals surface area contributed by atoms with E-state index >= 15 is 0 Å².